The van der Waals surface area contributed by atoms with Crippen LogP contribution in [0, 0.1) is 0 Å². The van der Waals surface area contributed by atoms with Crippen LogP contribution in [0.4, 0.5) is 0 Å². The number of rotatable bonds is 6. The van der Waals surface area contributed by atoms with Gasteiger partial charge in [-0.2, -0.15) is 0 Å². The molecule has 1 aromatic carbocycles. The normalized spacial score (nSPS) is 11.8. The lowest BCUT2D eigenvalue weighted by Gasteiger charge is -2.17. The third-order valence-electron chi connectivity index (χ3n) is 3.30. The lowest BCUT2D eigenvalue weighted by atomic mass is 10.00. The third-order valence-corrected chi connectivity index (χ3v) is 3.30. The third kappa shape index (κ3) is 3.22. The fourth-order valence-corrected chi connectivity index (χ4v) is 2.36. The zero-order chi connectivity index (χ0) is 16.1. The molecule has 0 bridgehead atoms. The molecule has 114 valence electrons. The van der Waals surface area contributed by atoms with E-state index in [-0.39, 0.29) is 0 Å². The Morgan fingerprint density at radius 3 is 2.36 bits per heavy atom. The molecule has 1 aromatic heterocycles. The lowest BCUT2D eigenvalue weighted by molar-refractivity contribution is 0.520. The quantitative estimate of drug-likeness (QED) is 0.783. The van der Waals surface area contributed by atoms with Crippen molar-refractivity contribution in [1.82, 2.24) is 14.5 Å². The van der Waals surface area contributed by atoms with E-state index in [1.807, 2.05) is 24.3 Å². The Balaban J connectivity index is 2.61. The summed E-state index contributed by atoms with van der Waals surface area (Å²) in [5.74, 6) is 0. The largest absolute Gasteiger partial charge is 0.334 e. The summed E-state index contributed by atoms with van der Waals surface area (Å²) in [6.45, 7) is 7.37. The molecule has 0 saturated heterocycles. The molecule has 0 aliphatic rings. The lowest BCUT2D eigenvalue weighted by Crippen LogP contribution is -2.45. The molecule has 0 aliphatic carbocycles. The first kappa shape index (κ1) is 15.5. The number of H-pyrrole nitrogens is 2. The van der Waals surface area contributed by atoms with Gasteiger partial charge >= 0.3 is 17.1 Å². The Hall–Kier alpha value is -2.89. The molecule has 2 rings (SSSR count). The molecular formula is C16H17N3O3. The first-order valence-electron chi connectivity index (χ1n) is 6.82. The van der Waals surface area contributed by atoms with Crippen LogP contribution in [0.5, 0.6) is 0 Å². The van der Waals surface area contributed by atoms with Crippen LogP contribution in [-0.4, -0.2) is 14.5 Å². The van der Waals surface area contributed by atoms with E-state index in [9.17, 15) is 14.4 Å². The minimum atomic E-state index is -0.816. The summed E-state index contributed by atoms with van der Waals surface area (Å²) in [5, 5.41) is 0. The van der Waals surface area contributed by atoms with E-state index in [1.54, 1.807) is 12.2 Å². The van der Waals surface area contributed by atoms with Crippen LogP contribution in [0.1, 0.15) is 23.6 Å². The van der Waals surface area contributed by atoms with Gasteiger partial charge < -0.3 is 0 Å². The number of aromatic nitrogens is 3. The van der Waals surface area contributed by atoms with Crippen molar-refractivity contribution < 1.29 is 0 Å². The molecule has 1 unspecified atom stereocenters. The maximum absolute atomic E-state index is 12.0. The molecule has 0 aliphatic heterocycles. The molecule has 0 spiro atoms. The number of nitrogens with zero attached hydrogens (tertiary/aromatic N) is 1. The van der Waals surface area contributed by atoms with Gasteiger partial charge in [0.1, 0.15) is 0 Å². The molecule has 0 saturated carbocycles. The molecule has 0 radical (unpaired) electrons. The predicted octanol–water partition coefficient (Wildman–Crippen LogP) is 1.12. The van der Waals surface area contributed by atoms with E-state index in [4.69, 9.17) is 0 Å². The van der Waals surface area contributed by atoms with Crippen molar-refractivity contribution in [3.63, 3.8) is 0 Å². The Morgan fingerprint density at radius 1 is 1.09 bits per heavy atom. The van der Waals surface area contributed by atoms with E-state index in [0.29, 0.717) is 12.8 Å². The second-order valence-electron chi connectivity index (χ2n) is 4.84. The van der Waals surface area contributed by atoms with Gasteiger partial charge in [0.05, 0.1) is 6.04 Å². The molecule has 0 amide bonds. The number of aromatic amines is 2. The minimum Gasteiger partial charge on any atom is -0.259 e. The van der Waals surface area contributed by atoms with Crippen LogP contribution in [0.3, 0.4) is 0 Å². The van der Waals surface area contributed by atoms with E-state index >= 15 is 0 Å². The van der Waals surface area contributed by atoms with Gasteiger partial charge in [0.2, 0.25) is 0 Å². The van der Waals surface area contributed by atoms with Crippen molar-refractivity contribution in [2.45, 2.75) is 18.9 Å². The second kappa shape index (κ2) is 6.71. The standard InChI is InChI=1S/C16H17N3O3/c1-3-6-11-8-5-9-12(10-11)13(7-4-2)19-15(21)17-14(20)18-16(19)22/h3-5,8-10,13H,1-2,6-7H2,(H2,17,18,20,21,22). The van der Waals surface area contributed by atoms with E-state index in [2.05, 4.69) is 23.1 Å². The topological polar surface area (TPSA) is 87.7 Å². The average molecular weight is 299 g/mol. The zero-order valence-corrected chi connectivity index (χ0v) is 12.0. The summed E-state index contributed by atoms with van der Waals surface area (Å²) in [7, 11) is 0. The van der Waals surface area contributed by atoms with Crippen LogP contribution in [0.25, 0.3) is 0 Å². The number of hydrogen-bond donors (Lipinski definition) is 2. The average Bonchev–Trinajstić information content (AvgIpc) is 2.46. The van der Waals surface area contributed by atoms with Crippen molar-refractivity contribution in [2.24, 2.45) is 0 Å². The molecule has 0 fully saturated rings. The highest BCUT2D eigenvalue weighted by molar-refractivity contribution is 5.28. The Labute approximate surface area is 126 Å². The smallest absolute Gasteiger partial charge is 0.259 e. The summed E-state index contributed by atoms with van der Waals surface area (Å²) < 4.78 is 0.996. The first-order valence-corrected chi connectivity index (χ1v) is 6.82. The van der Waals surface area contributed by atoms with Crippen LogP contribution in [-0.2, 0) is 6.42 Å². The van der Waals surface area contributed by atoms with Crippen LogP contribution >= 0.6 is 0 Å². The molecule has 2 N–H and O–H groups in total. The zero-order valence-electron chi connectivity index (χ0n) is 12.0. The fourth-order valence-electron chi connectivity index (χ4n) is 2.36. The Morgan fingerprint density at radius 2 is 1.77 bits per heavy atom. The Kier molecular flexibility index (Phi) is 4.73. The molecule has 1 heterocycles. The molecule has 6 heteroatoms. The van der Waals surface area contributed by atoms with Gasteiger partial charge in [-0.25, -0.2) is 19.0 Å². The van der Waals surface area contributed by atoms with Crippen molar-refractivity contribution in [2.75, 3.05) is 0 Å². The van der Waals surface area contributed by atoms with Crippen molar-refractivity contribution in [3.05, 3.63) is 92.2 Å². The number of nitrogens with one attached hydrogen (secondary N) is 2. The van der Waals surface area contributed by atoms with Crippen molar-refractivity contribution in [1.29, 1.82) is 0 Å². The highest BCUT2D eigenvalue weighted by Crippen LogP contribution is 2.21. The number of allylic oxidation sites excluding steroid dienone is 2. The maximum atomic E-state index is 12.0. The monoisotopic (exact) mass is 299 g/mol. The van der Waals surface area contributed by atoms with Crippen molar-refractivity contribution in [3.8, 4) is 0 Å². The van der Waals surface area contributed by atoms with Crippen molar-refractivity contribution >= 4 is 0 Å². The fraction of sp³-hybridized carbons (Fsp3) is 0.188. The highest BCUT2D eigenvalue weighted by Gasteiger charge is 2.17. The molecule has 22 heavy (non-hydrogen) atoms. The van der Waals surface area contributed by atoms with Gasteiger partial charge in [0.15, 0.2) is 0 Å². The van der Waals surface area contributed by atoms with Crippen LogP contribution < -0.4 is 17.1 Å². The highest BCUT2D eigenvalue weighted by atomic mass is 16.2. The Bertz CT molecular complexity index is 823. The summed E-state index contributed by atoms with van der Waals surface area (Å²) in [5.41, 5.74) is -0.483. The molecule has 1 atom stereocenters. The summed E-state index contributed by atoms with van der Waals surface area (Å²) >= 11 is 0. The minimum absolute atomic E-state index is 0.382. The van der Waals surface area contributed by atoms with Gasteiger partial charge in [0.25, 0.3) is 0 Å². The summed E-state index contributed by atoms with van der Waals surface area (Å²) in [6, 6.07) is 7.01. The summed E-state index contributed by atoms with van der Waals surface area (Å²) in [4.78, 5) is 39.3. The van der Waals surface area contributed by atoms with E-state index in [0.717, 1.165) is 15.7 Å². The maximum Gasteiger partial charge on any atom is 0.334 e. The van der Waals surface area contributed by atoms with Gasteiger partial charge in [-0.3, -0.25) is 9.97 Å². The second-order valence-corrected chi connectivity index (χ2v) is 4.84. The first-order chi connectivity index (χ1) is 10.6. The van der Waals surface area contributed by atoms with Gasteiger partial charge in [-0.15, -0.1) is 13.2 Å². The van der Waals surface area contributed by atoms with Gasteiger partial charge in [-0.05, 0) is 24.0 Å². The number of hydrogen-bond acceptors (Lipinski definition) is 3. The molecule has 2 aromatic rings. The molecule has 6 nitrogen and oxygen atoms in total. The predicted molar refractivity (Wildman–Crippen MR) is 85.2 cm³/mol. The van der Waals surface area contributed by atoms with E-state index in [1.165, 1.54) is 0 Å². The van der Waals surface area contributed by atoms with Gasteiger partial charge in [-0.1, -0.05) is 36.4 Å². The summed E-state index contributed by atoms with van der Waals surface area (Å²) in [6.07, 6.45) is 4.47. The number of benzene rings is 1. The van der Waals surface area contributed by atoms with E-state index < -0.39 is 23.1 Å². The SMILES string of the molecule is C=CCc1cccc(C(CC=C)n2c(=O)[nH]c(=O)[nH]c2=O)c1. The molecular weight excluding hydrogens is 282 g/mol. The van der Waals surface area contributed by atoms with Crippen LogP contribution in [0.2, 0.25) is 0 Å². The van der Waals surface area contributed by atoms with Gasteiger partial charge in [0, 0.05) is 0 Å². The van der Waals surface area contributed by atoms with Crippen LogP contribution in [0.15, 0.2) is 64.0 Å².